The fourth-order valence-electron chi connectivity index (χ4n) is 2.28. The third-order valence-electron chi connectivity index (χ3n) is 3.32. The van der Waals surface area contributed by atoms with Gasteiger partial charge in [-0.25, -0.2) is 8.78 Å². The van der Waals surface area contributed by atoms with Crippen molar-refractivity contribution in [3.8, 4) is 0 Å². The summed E-state index contributed by atoms with van der Waals surface area (Å²) in [6, 6.07) is 3.13. The molecule has 0 aliphatic heterocycles. The summed E-state index contributed by atoms with van der Waals surface area (Å²) in [6.07, 6.45) is -2.15. The smallest absolute Gasteiger partial charge is 0.159 e. The Labute approximate surface area is 97.3 Å². The maximum Gasteiger partial charge on any atom is 0.159 e. The van der Waals surface area contributed by atoms with E-state index < -0.39 is 35.9 Å². The van der Waals surface area contributed by atoms with E-state index in [2.05, 4.69) is 0 Å². The van der Waals surface area contributed by atoms with Gasteiger partial charge in [0.05, 0.1) is 18.3 Å². The second kappa shape index (κ2) is 4.68. The molecule has 1 saturated carbocycles. The number of aliphatic hydroxyl groups excluding tert-OH is 3. The zero-order valence-electron chi connectivity index (χ0n) is 9.05. The lowest BCUT2D eigenvalue weighted by Crippen LogP contribution is -2.28. The number of rotatable bonds is 2. The van der Waals surface area contributed by atoms with Crippen LogP contribution in [-0.4, -0.2) is 27.5 Å². The van der Waals surface area contributed by atoms with Gasteiger partial charge in [0.25, 0.3) is 0 Å². The van der Waals surface area contributed by atoms with Crippen molar-refractivity contribution < 1.29 is 24.1 Å². The summed E-state index contributed by atoms with van der Waals surface area (Å²) in [5.74, 6) is -2.56. The molecule has 3 unspecified atom stereocenters. The molecule has 5 heteroatoms. The van der Waals surface area contributed by atoms with Crippen LogP contribution in [0.5, 0.6) is 0 Å². The quantitative estimate of drug-likeness (QED) is 0.731. The highest BCUT2D eigenvalue weighted by Crippen LogP contribution is 2.36. The number of aliphatic hydroxyl groups is 3. The van der Waals surface area contributed by atoms with Crippen LogP contribution in [-0.2, 0) is 0 Å². The zero-order valence-corrected chi connectivity index (χ0v) is 9.05. The van der Waals surface area contributed by atoms with Crippen LogP contribution in [0.15, 0.2) is 18.2 Å². The minimum Gasteiger partial charge on any atom is -0.390 e. The molecule has 4 atom stereocenters. The van der Waals surface area contributed by atoms with Crippen molar-refractivity contribution in [2.24, 2.45) is 5.92 Å². The van der Waals surface area contributed by atoms with Crippen molar-refractivity contribution in [1.29, 1.82) is 0 Å². The van der Waals surface area contributed by atoms with E-state index in [0.29, 0.717) is 12.8 Å². The second-order valence-corrected chi connectivity index (χ2v) is 4.42. The molecule has 17 heavy (non-hydrogen) atoms. The Balaban J connectivity index is 2.19. The first-order chi connectivity index (χ1) is 8.00. The SMILES string of the molecule is OC1CCC([C@H](O)c2ccc(F)c(F)c2)C1O. The first-order valence-corrected chi connectivity index (χ1v) is 5.50. The lowest BCUT2D eigenvalue weighted by atomic mass is 9.92. The fraction of sp³-hybridized carbons (Fsp3) is 0.500. The molecule has 1 aromatic carbocycles. The van der Waals surface area contributed by atoms with Crippen molar-refractivity contribution >= 4 is 0 Å². The number of hydrogen-bond donors (Lipinski definition) is 3. The van der Waals surface area contributed by atoms with Gasteiger partial charge in [0.1, 0.15) is 0 Å². The molecule has 1 aliphatic rings. The average molecular weight is 244 g/mol. The first-order valence-electron chi connectivity index (χ1n) is 5.50. The highest BCUT2D eigenvalue weighted by atomic mass is 19.2. The van der Waals surface area contributed by atoms with E-state index in [9.17, 15) is 24.1 Å². The lowest BCUT2D eigenvalue weighted by molar-refractivity contribution is -0.0210. The van der Waals surface area contributed by atoms with Crippen LogP contribution in [0.25, 0.3) is 0 Å². The first kappa shape index (κ1) is 12.4. The minimum atomic E-state index is -1.10. The van der Waals surface area contributed by atoms with E-state index in [0.717, 1.165) is 12.1 Å². The topological polar surface area (TPSA) is 60.7 Å². The van der Waals surface area contributed by atoms with Gasteiger partial charge in [0.15, 0.2) is 11.6 Å². The van der Waals surface area contributed by atoms with Gasteiger partial charge in [-0.1, -0.05) is 6.07 Å². The van der Waals surface area contributed by atoms with E-state index in [1.54, 1.807) is 0 Å². The minimum absolute atomic E-state index is 0.210. The molecule has 1 aromatic rings. The van der Waals surface area contributed by atoms with Crippen LogP contribution in [0.2, 0.25) is 0 Å². The van der Waals surface area contributed by atoms with Crippen molar-refractivity contribution in [3.05, 3.63) is 35.4 Å². The van der Waals surface area contributed by atoms with E-state index in [1.165, 1.54) is 6.07 Å². The van der Waals surface area contributed by atoms with Crippen LogP contribution in [0, 0.1) is 17.6 Å². The fourth-order valence-corrected chi connectivity index (χ4v) is 2.28. The highest BCUT2D eigenvalue weighted by molar-refractivity contribution is 5.21. The summed E-state index contributed by atoms with van der Waals surface area (Å²) >= 11 is 0. The van der Waals surface area contributed by atoms with Gasteiger partial charge in [-0.05, 0) is 30.5 Å². The van der Waals surface area contributed by atoms with Crippen LogP contribution in [0.1, 0.15) is 24.5 Å². The van der Waals surface area contributed by atoms with Crippen molar-refractivity contribution in [3.63, 3.8) is 0 Å². The van der Waals surface area contributed by atoms with Crippen molar-refractivity contribution in [2.45, 2.75) is 31.2 Å². The zero-order chi connectivity index (χ0) is 12.6. The molecular weight excluding hydrogens is 230 g/mol. The molecule has 1 fully saturated rings. The third-order valence-corrected chi connectivity index (χ3v) is 3.32. The molecule has 0 saturated heterocycles. The Morgan fingerprint density at radius 3 is 2.35 bits per heavy atom. The molecule has 3 nitrogen and oxygen atoms in total. The van der Waals surface area contributed by atoms with Crippen molar-refractivity contribution in [1.82, 2.24) is 0 Å². The molecule has 2 rings (SSSR count). The predicted molar refractivity (Wildman–Crippen MR) is 56.1 cm³/mol. The molecule has 0 amide bonds. The maximum absolute atomic E-state index is 13.0. The standard InChI is InChI=1S/C12H14F2O3/c13-8-3-1-6(5-9(8)14)11(16)7-2-4-10(15)12(7)17/h1,3,5,7,10-12,15-17H,2,4H2/t7?,10?,11-,12?/m1/s1. The summed E-state index contributed by atoms with van der Waals surface area (Å²) in [5.41, 5.74) is 0.210. The van der Waals surface area contributed by atoms with Gasteiger partial charge >= 0.3 is 0 Å². The van der Waals surface area contributed by atoms with Gasteiger partial charge < -0.3 is 15.3 Å². The van der Waals surface area contributed by atoms with Crippen LogP contribution in [0.3, 0.4) is 0 Å². The number of benzene rings is 1. The second-order valence-electron chi connectivity index (χ2n) is 4.42. The summed E-state index contributed by atoms with van der Waals surface area (Å²) in [4.78, 5) is 0. The number of halogens is 2. The van der Waals surface area contributed by atoms with Crippen molar-refractivity contribution in [2.75, 3.05) is 0 Å². The number of hydrogen-bond acceptors (Lipinski definition) is 3. The molecule has 1 aliphatic carbocycles. The molecule has 0 bridgehead atoms. The molecule has 94 valence electrons. The van der Waals surface area contributed by atoms with E-state index in [-0.39, 0.29) is 5.56 Å². The molecular formula is C12H14F2O3. The highest BCUT2D eigenvalue weighted by Gasteiger charge is 2.38. The molecule has 0 spiro atoms. The van der Waals surface area contributed by atoms with Gasteiger partial charge in [-0.3, -0.25) is 0 Å². The Kier molecular flexibility index (Phi) is 3.42. The van der Waals surface area contributed by atoms with E-state index in [1.807, 2.05) is 0 Å². The summed E-state index contributed by atoms with van der Waals surface area (Å²) in [5, 5.41) is 29.0. The Bertz CT molecular complexity index is 411. The van der Waals surface area contributed by atoms with Gasteiger partial charge in [-0.15, -0.1) is 0 Å². The van der Waals surface area contributed by atoms with Crippen LogP contribution in [0.4, 0.5) is 8.78 Å². The van der Waals surface area contributed by atoms with Gasteiger partial charge in [0.2, 0.25) is 0 Å². The monoisotopic (exact) mass is 244 g/mol. The maximum atomic E-state index is 13.0. The summed E-state index contributed by atoms with van der Waals surface area (Å²) in [6.45, 7) is 0. The Morgan fingerprint density at radius 1 is 1.12 bits per heavy atom. The summed E-state index contributed by atoms with van der Waals surface area (Å²) < 4.78 is 25.7. The van der Waals surface area contributed by atoms with E-state index >= 15 is 0 Å². The Hall–Kier alpha value is -1.04. The predicted octanol–water partition coefficient (Wildman–Crippen LogP) is 1.13. The lowest BCUT2D eigenvalue weighted by Gasteiger charge is -2.22. The van der Waals surface area contributed by atoms with E-state index in [4.69, 9.17) is 0 Å². The van der Waals surface area contributed by atoms with Gasteiger partial charge in [-0.2, -0.15) is 0 Å². The van der Waals surface area contributed by atoms with Gasteiger partial charge in [0, 0.05) is 5.92 Å². The molecule has 0 radical (unpaired) electrons. The normalized spacial score (nSPS) is 30.5. The molecule has 0 heterocycles. The molecule has 0 aromatic heterocycles. The third kappa shape index (κ3) is 2.31. The van der Waals surface area contributed by atoms with Crippen LogP contribution < -0.4 is 0 Å². The summed E-state index contributed by atoms with van der Waals surface area (Å²) in [7, 11) is 0. The van der Waals surface area contributed by atoms with Crippen LogP contribution >= 0.6 is 0 Å². The average Bonchev–Trinajstić information content (AvgIpc) is 2.63. The largest absolute Gasteiger partial charge is 0.390 e. The molecule has 3 N–H and O–H groups in total. The Morgan fingerprint density at radius 2 is 1.82 bits per heavy atom.